The van der Waals surface area contributed by atoms with Crippen molar-refractivity contribution in [3.8, 4) is 22.3 Å². The largest absolute Gasteiger partial charge is 0.265 e. The van der Waals surface area contributed by atoms with E-state index in [0.29, 0.717) is 11.8 Å². The zero-order valence-corrected chi connectivity index (χ0v) is 19.7. The van der Waals surface area contributed by atoms with Crippen molar-refractivity contribution in [3.63, 3.8) is 0 Å². The molecule has 2 aromatic carbocycles. The molecule has 2 aliphatic rings. The van der Waals surface area contributed by atoms with Crippen LogP contribution in [-0.2, 0) is 0 Å². The van der Waals surface area contributed by atoms with E-state index in [0.717, 1.165) is 12.8 Å². The minimum atomic E-state index is 0.483. The molecular weight excluding hydrogens is 412 g/mol. The van der Waals surface area contributed by atoms with E-state index in [1.165, 1.54) is 55.7 Å². The lowest BCUT2D eigenvalue weighted by atomic mass is 9.83. The molecule has 0 bridgehead atoms. The van der Waals surface area contributed by atoms with Gasteiger partial charge in [-0.15, -0.1) is 0 Å². The van der Waals surface area contributed by atoms with Crippen LogP contribution < -0.4 is 0 Å². The summed E-state index contributed by atoms with van der Waals surface area (Å²) in [6.07, 6.45) is 14.6. The molecule has 0 radical (unpaired) electrons. The Balaban J connectivity index is 1.26. The van der Waals surface area contributed by atoms with Crippen molar-refractivity contribution >= 4 is 12.2 Å². The summed E-state index contributed by atoms with van der Waals surface area (Å²) in [5.41, 5.74) is 13.7. The van der Waals surface area contributed by atoms with Crippen LogP contribution in [0.4, 0.5) is 0 Å². The SMILES string of the molecule is CC1=Cc2ccc(-c3ccncc3)cc2C1CCC1C(C)=Cc2ccc(-c3ccncc3)cc21. The van der Waals surface area contributed by atoms with E-state index in [4.69, 9.17) is 0 Å². The normalized spacial score (nSPS) is 18.3. The second-order valence-electron chi connectivity index (χ2n) is 9.62. The second kappa shape index (κ2) is 8.53. The summed E-state index contributed by atoms with van der Waals surface area (Å²) in [5, 5.41) is 0. The van der Waals surface area contributed by atoms with Gasteiger partial charge in [0.05, 0.1) is 0 Å². The first-order valence-electron chi connectivity index (χ1n) is 12.1. The Morgan fingerprint density at radius 2 is 0.941 bits per heavy atom. The number of allylic oxidation sites excluding steroid dienone is 2. The highest BCUT2D eigenvalue weighted by Gasteiger charge is 2.28. The molecule has 4 aromatic rings. The van der Waals surface area contributed by atoms with Gasteiger partial charge in [-0.05, 0) is 108 Å². The molecule has 2 atom stereocenters. The van der Waals surface area contributed by atoms with Crippen LogP contribution in [0.25, 0.3) is 34.4 Å². The molecule has 2 unspecified atom stereocenters. The third-order valence-corrected chi connectivity index (χ3v) is 7.56. The average Bonchev–Trinajstić information content (AvgIpc) is 3.37. The molecular formula is C32H28N2. The van der Waals surface area contributed by atoms with Gasteiger partial charge in [-0.2, -0.15) is 0 Å². The predicted octanol–water partition coefficient (Wildman–Crippen LogP) is 8.29. The highest BCUT2D eigenvalue weighted by atomic mass is 14.6. The lowest BCUT2D eigenvalue weighted by Crippen LogP contribution is -2.04. The molecule has 166 valence electrons. The number of hydrogen-bond donors (Lipinski definition) is 0. The minimum Gasteiger partial charge on any atom is -0.265 e. The van der Waals surface area contributed by atoms with Crippen LogP contribution in [-0.4, -0.2) is 9.97 Å². The number of rotatable bonds is 5. The zero-order valence-electron chi connectivity index (χ0n) is 19.7. The van der Waals surface area contributed by atoms with Crippen LogP contribution in [0.2, 0.25) is 0 Å². The number of hydrogen-bond acceptors (Lipinski definition) is 2. The van der Waals surface area contributed by atoms with Crippen LogP contribution in [0, 0.1) is 0 Å². The highest BCUT2D eigenvalue weighted by Crippen LogP contribution is 2.46. The zero-order chi connectivity index (χ0) is 23.1. The molecule has 0 fully saturated rings. The van der Waals surface area contributed by atoms with Gasteiger partial charge in [-0.1, -0.05) is 47.6 Å². The van der Waals surface area contributed by atoms with E-state index in [-0.39, 0.29) is 0 Å². The van der Waals surface area contributed by atoms with Crippen LogP contribution in [0.15, 0.2) is 96.6 Å². The van der Waals surface area contributed by atoms with E-state index in [2.05, 4.69) is 96.6 Å². The van der Waals surface area contributed by atoms with Gasteiger partial charge in [0, 0.05) is 36.6 Å². The van der Waals surface area contributed by atoms with E-state index in [9.17, 15) is 0 Å². The molecule has 2 heterocycles. The number of fused-ring (bicyclic) bond motifs is 2. The Morgan fingerprint density at radius 1 is 0.529 bits per heavy atom. The number of aromatic nitrogens is 2. The van der Waals surface area contributed by atoms with E-state index >= 15 is 0 Å². The van der Waals surface area contributed by atoms with Crippen LogP contribution in [0.5, 0.6) is 0 Å². The van der Waals surface area contributed by atoms with Crippen molar-refractivity contribution in [2.75, 3.05) is 0 Å². The standard InChI is InChI=1S/C32H28N2/c1-21-17-27-5-3-25(23-9-13-33-14-10-23)19-31(27)29(21)7-8-30-22(2)18-28-6-4-26(20-32(28)30)24-11-15-34-16-12-24/h3-6,9-20,29-30H,7-8H2,1-2H3. The maximum absolute atomic E-state index is 4.18. The monoisotopic (exact) mass is 440 g/mol. The minimum absolute atomic E-state index is 0.483. The summed E-state index contributed by atoms with van der Waals surface area (Å²) < 4.78 is 0. The van der Waals surface area contributed by atoms with Gasteiger partial charge in [-0.25, -0.2) is 0 Å². The topological polar surface area (TPSA) is 25.8 Å². The molecule has 0 N–H and O–H groups in total. The van der Waals surface area contributed by atoms with Gasteiger partial charge in [0.25, 0.3) is 0 Å². The lowest BCUT2D eigenvalue weighted by Gasteiger charge is -2.20. The van der Waals surface area contributed by atoms with Gasteiger partial charge in [0.2, 0.25) is 0 Å². The van der Waals surface area contributed by atoms with Crippen molar-refractivity contribution in [2.24, 2.45) is 0 Å². The Kier molecular flexibility index (Phi) is 5.22. The Bertz CT molecular complexity index is 1300. The summed E-state index contributed by atoms with van der Waals surface area (Å²) in [7, 11) is 0. The first-order chi connectivity index (χ1) is 16.7. The molecule has 0 saturated heterocycles. The maximum Gasteiger partial charge on any atom is 0.0273 e. The van der Waals surface area contributed by atoms with Gasteiger partial charge in [0.15, 0.2) is 0 Å². The summed E-state index contributed by atoms with van der Waals surface area (Å²) in [5.74, 6) is 0.967. The Labute approximate surface area is 201 Å². The average molecular weight is 441 g/mol. The Morgan fingerprint density at radius 3 is 1.35 bits per heavy atom. The van der Waals surface area contributed by atoms with Gasteiger partial charge in [-0.3, -0.25) is 9.97 Å². The Hall–Kier alpha value is -3.78. The third kappa shape index (κ3) is 3.70. The third-order valence-electron chi connectivity index (χ3n) is 7.56. The van der Waals surface area contributed by atoms with Gasteiger partial charge >= 0.3 is 0 Å². The van der Waals surface area contributed by atoms with Crippen molar-refractivity contribution in [2.45, 2.75) is 38.5 Å². The maximum atomic E-state index is 4.18. The van der Waals surface area contributed by atoms with Crippen molar-refractivity contribution < 1.29 is 0 Å². The van der Waals surface area contributed by atoms with Crippen LogP contribution >= 0.6 is 0 Å². The molecule has 0 saturated carbocycles. The lowest BCUT2D eigenvalue weighted by molar-refractivity contribution is 0.611. The highest BCUT2D eigenvalue weighted by molar-refractivity contribution is 5.74. The molecule has 0 amide bonds. The van der Waals surface area contributed by atoms with E-state index in [1.807, 2.05) is 24.8 Å². The van der Waals surface area contributed by atoms with E-state index < -0.39 is 0 Å². The fourth-order valence-corrected chi connectivity index (χ4v) is 5.75. The predicted molar refractivity (Wildman–Crippen MR) is 141 cm³/mol. The fourth-order valence-electron chi connectivity index (χ4n) is 5.75. The summed E-state index contributed by atoms with van der Waals surface area (Å²) in [6.45, 7) is 4.59. The van der Waals surface area contributed by atoms with Crippen molar-refractivity contribution in [1.82, 2.24) is 9.97 Å². The second-order valence-corrected chi connectivity index (χ2v) is 9.62. The molecule has 0 aliphatic heterocycles. The quantitative estimate of drug-likeness (QED) is 0.312. The molecule has 2 heteroatoms. The van der Waals surface area contributed by atoms with Gasteiger partial charge in [0.1, 0.15) is 0 Å². The molecule has 6 rings (SSSR count). The summed E-state index contributed by atoms with van der Waals surface area (Å²) in [4.78, 5) is 8.35. The fraction of sp³-hybridized carbons (Fsp3) is 0.188. The number of pyridine rings is 2. The molecule has 0 spiro atoms. The number of nitrogens with zero attached hydrogens (tertiary/aromatic N) is 2. The van der Waals surface area contributed by atoms with Crippen molar-refractivity contribution in [1.29, 1.82) is 0 Å². The smallest absolute Gasteiger partial charge is 0.0273 e. The number of benzene rings is 2. The van der Waals surface area contributed by atoms with Crippen LogP contribution in [0.3, 0.4) is 0 Å². The molecule has 2 aromatic heterocycles. The van der Waals surface area contributed by atoms with E-state index in [1.54, 1.807) is 0 Å². The first-order valence-corrected chi connectivity index (χ1v) is 12.1. The molecule has 2 nitrogen and oxygen atoms in total. The first kappa shape index (κ1) is 20.8. The molecule has 34 heavy (non-hydrogen) atoms. The summed E-state index contributed by atoms with van der Waals surface area (Å²) in [6, 6.07) is 22.2. The van der Waals surface area contributed by atoms with Crippen LogP contribution in [0.1, 0.15) is 60.8 Å². The van der Waals surface area contributed by atoms with Crippen molar-refractivity contribution in [3.05, 3.63) is 119 Å². The molecule has 2 aliphatic carbocycles. The van der Waals surface area contributed by atoms with Gasteiger partial charge < -0.3 is 0 Å². The summed E-state index contributed by atoms with van der Waals surface area (Å²) >= 11 is 0.